The van der Waals surface area contributed by atoms with Crippen molar-refractivity contribution in [1.82, 2.24) is 0 Å². The van der Waals surface area contributed by atoms with Crippen molar-refractivity contribution < 1.29 is 14.3 Å². The molecule has 0 aliphatic carbocycles. The van der Waals surface area contributed by atoms with Crippen LogP contribution in [0.4, 0.5) is 0 Å². The molecule has 0 aromatic rings. The Morgan fingerprint density at radius 2 is 2.00 bits per heavy atom. The monoisotopic (exact) mass is 185 g/mol. The molecule has 0 amide bonds. The van der Waals surface area contributed by atoms with Crippen molar-refractivity contribution in [1.29, 1.82) is 0 Å². The molecule has 62 valence electrons. The molecule has 0 aliphatic heterocycles. The van der Waals surface area contributed by atoms with Crippen molar-refractivity contribution in [3.63, 3.8) is 0 Å². The lowest BCUT2D eigenvalue weighted by molar-refractivity contribution is 0.265. The Bertz CT molecular complexity index is 131. The summed E-state index contributed by atoms with van der Waals surface area (Å²) in [6, 6.07) is 0. The van der Waals surface area contributed by atoms with E-state index in [0.717, 1.165) is 23.1 Å². The van der Waals surface area contributed by atoms with Crippen LogP contribution < -0.4 is 0 Å². The van der Waals surface area contributed by atoms with Crippen LogP contribution in [0.2, 0.25) is 0 Å². The van der Waals surface area contributed by atoms with Crippen molar-refractivity contribution in [3.05, 3.63) is 0 Å². The van der Waals surface area contributed by atoms with Gasteiger partial charge in [-0.05, 0) is 13.3 Å². The highest BCUT2D eigenvalue weighted by Crippen LogP contribution is 2.38. The fraction of sp³-hybridized carbons (Fsp3) is 1.00. The normalized spacial score (nSPS) is 11.6. The van der Waals surface area contributed by atoms with E-state index in [-0.39, 0.29) is 0 Å². The first kappa shape index (κ1) is 10.5. The minimum absolute atomic E-state index is 0.359. The van der Waals surface area contributed by atoms with Crippen LogP contribution in [0.3, 0.4) is 0 Å². The average molecular weight is 185 g/mol. The minimum atomic E-state index is -3.04. The van der Waals surface area contributed by atoms with Crippen LogP contribution in [-0.2, 0) is 15.5 Å². The maximum Gasteiger partial charge on any atom is 0.517 e. The SMILES string of the molecule is CCC[S+]=P(O)(O)OCC. The van der Waals surface area contributed by atoms with Crippen LogP contribution in [0.15, 0.2) is 0 Å². The standard InChI is InChI=1S/C5H14O3PS/c1-3-5-10-9(6,7)8-4-2/h6-7H,3-5H2,1-2H3/q+1. The summed E-state index contributed by atoms with van der Waals surface area (Å²) in [7, 11) is 1.10. The molecule has 0 aromatic carbocycles. The van der Waals surface area contributed by atoms with Gasteiger partial charge in [-0.15, -0.1) is 0 Å². The molecule has 0 bridgehead atoms. The largest absolute Gasteiger partial charge is 0.517 e. The second kappa shape index (κ2) is 5.22. The predicted molar refractivity (Wildman–Crippen MR) is 45.5 cm³/mol. The van der Waals surface area contributed by atoms with Gasteiger partial charge in [-0.1, -0.05) is 6.92 Å². The predicted octanol–water partition coefficient (Wildman–Crippen LogP) is 1.18. The zero-order chi connectivity index (χ0) is 8.04. The molecule has 5 heteroatoms. The van der Waals surface area contributed by atoms with Crippen LogP contribution >= 0.6 is 6.72 Å². The third-order valence-corrected chi connectivity index (χ3v) is 4.16. The van der Waals surface area contributed by atoms with Gasteiger partial charge in [0.15, 0.2) is 5.75 Å². The first-order valence-corrected chi connectivity index (χ1v) is 6.46. The van der Waals surface area contributed by atoms with E-state index in [9.17, 15) is 0 Å². The second-order valence-corrected chi connectivity index (χ2v) is 5.85. The maximum absolute atomic E-state index is 9.05. The van der Waals surface area contributed by atoms with E-state index in [4.69, 9.17) is 14.3 Å². The molecule has 0 spiro atoms. The van der Waals surface area contributed by atoms with E-state index in [1.165, 1.54) is 0 Å². The van der Waals surface area contributed by atoms with Crippen molar-refractivity contribution >= 4 is 17.7 Å². The smallest absolute Gasteiger partial charge is 0.289 e. The molecule has 10 heavy (non-hydrogen) atoms. The first-order chi connectivity index (χ1) is 4.62. The Balaban J connectivity index is 3.81. The third kappa shape index (κ3) is 5.33. The van der Waals surface area contributed by atoms with Crippen LogP contribution in [0.5, 0.6) is 0 Å². The van der Waals surface area contributed by atoms with Gasteiger partial charge in [0.1, 0.15) is 0 Å². The van der Waals surface area contributed by atoms with Gasteiger partial charge in [0.25, 0.3) is 0 Å². The highest BCUT2D eigenvalue weighted by Gasteiger charge is 2.22. The Morgan fingerprint density at radius 1 is 1.40 bits per heavy atom. The average Bonchev–Trinajstić information content (AvgIpc) is 1.84. The van der Waals surface area contributed by atoms with Crippen LogP contribution in [-0.4, -0.2) is 22.1 Å². The Kier molecular flexibility index (Phi) is 5.49. The summed E-state index contributed by atoms with van der Waals surface area (Å²) in [6.45, 7) is 1.05. The van der Waals surface area contributed by atoms with Crippen molar-refractivity contribution in [2.75, 3.05) is 12.4 Å². The van der Waals surface area contributed by atoms with Gasteiger partial charge in [-0.2, -0.15) is 0 Å². The Hall–Kier alpha value is 0.530. The molecule has 0 saturated carbocycles. The topological polar surface area (TPSA) is 49.7 Å². The van der Waals surface area contributed by atoms with E-state index < -0.39 is 6.72 Å². The highest BCUT2D eigenvalue weighted by molar-refractivity contribution is 8.16. The fourth-order valence-corrected chi connectivity index (χ4v) is 3.05. The van der Waals surface area contributed by atoms with Gasteiger partial charge in [0.05, 0.1) is 6.61 Å². The molecule has 0 unspecified atom stereocenters. The van der Waals surface area contributed by atoms with E-state index >= 15 is 0 Å². The third-order valence-electron chi connectivity index (χ3n) is 0.761. The van der Waals surface area contributed by atoms with Crippen molar-refractivity contribution in [3.8, 4) is 0 Å². The van der Waals surface area contributed by atoms with Gasteiger partial charge in [-0.3, -0.25) is 14.3 Å². The number of rotatable bonds is 4. The quantitative estimate of drug-likeness (QED) is 0.510. The summed E-state index contributed by atoms with van der Waals surface area (Å²) in [5.41, 5.74) is 0. The van der Waals surface area contributed by atoms with E-state index in [1.807, 2.05) is 6.92 Å². The molecular weight excluding hydrogens is 171 g/mol. The zero-order valence-corrected chi connectivity index (χ0v) is 7.99. The van der Waals surface area contributed by atoms with Crippen LogP contribution in [0.1, 0.15) is 20.3 Å². The summed E-state index contributed by atoms with van der Waals surface area (Å²) in [6.07, 6.45) is 0.931. The van der Waals surface area contributed by atoms with Gasteiger partial charge >= 0.3 is 6.72 Å². The molecular formula is C5H14O3PS+. The highest BCUT2D eigenvalue weighted by atomic mass is 32.5. The lowest BCUT2D eigenvalue weighted by Gasteiger charge is -1.97. The summed E-state index contributed by atoms with van der Waals surface area (Å²) >= 11 is 0. The molecule has 0 radical (unpaired) electrons. The molecule has 0 fully saturated rings. The minimum Gasteiger partial charge on any atom is -0.289 e. The van der Waals surface area contributed by atoms with Gasteiger partial charge in [0.2, 0.25) is 10.9 Å². The second-order valence-electron chi connectivity index (χ2n) is 1.74. The number of hydrogen-bond donors (Lipinski definition) is 2. The van der Waals surface area contributed by atoms with Crippen LogP contribution in [0.25, 0.3) is 0 Å². The van der Waals surface area contributed by atoms with Gasteiger partial charge in [-0.25, -0.2) is 0 Å². The summed E-state index contributed by atoms with van der Waals surface area (Å²) < 4.78 is 4.72. The molecule has 0 atom stereocenters. The molecule has 3 nitrogen and oxygen atoms in total. The van der Waals surface area contributed by atoms with Crippen molar-refractivity contribution in [2.45, 2.75) is 20.3 Å². The lowest BCUT2D eigenvalue weighted by atomic mass is 10.6. The van der Waals surface area contributed by atoms with E-state index in [0.29, 0.717) is 6.61 Å². The molecule has 0 aromatic heterocycles. The molecule has 0 aliphatic rings. The Labute approximate surface area is 65.2 Å². The zero-order valence-electron chi connectivity index (χ0n) is 6.28. The van der Waals surface area contributed by atoms with Gasteiger partial charge in [0, 0.05) is 0 Å². The molecule has 0 rings (SSSR count). The summed E-state index contributed by atoms with van der Waals surface area (Å²) in [4.78, 5) is 18.1. The van der Waals surface area contributed by atoms with E-state index in [1.54, 1.807) is 6.92 Å². The lowest BCUT2D eigenvalue weighted by Crippen LogP contribution is -1.90. The maximum atomic E-state index is 9.05. The molecule has 0 saturated heterocycles. The fourth-order valence-electron chi connectivity index (χ4n) is 0.416. The Morgan fingerprint density at radius 3 is 2.40 bits per heavy atom. The summed E-state index contributed by atoms with van der Waals surface area (Å²) in [5, 5.41) is 0. The summed E-state index contributed by atoms with van der Waals surface area (Å²) in [5.74, 6) is 0.737. The number of hydrogen-bond acceptors (Lipinski definition) is 1. The molecule has 0 heterocycles. The van der Waals surface area contributed by atoms with Gasteiger partial charge < -0.3 is 0 Å². The van der Waals surface area contributed by atoms with Crippen LogP contribution in [0, 0.1) is 0 Å². The molecule has 2 N–H and O–H groups in total. The van der Waals surface area contributed by atoms with Crippen molar-refractivity contribution in [2.24, 2.45) is 0 Å². The van der Waals surface area contributed by atoms with E-state index in [2.05, 4.69) is 0 Å². The first-order valence-electron chi connectivity index (χ1n) is 3.26.